The van der Waals surface area contributed by atoms with E-state index in [4.69, 9.17) is 0 Å². The Labute approximate surface area is 107 Å². The summed E-state index contributed by atoms with van der Waals surface area (Å²) in [6, 6.07) is 0.618. The van der Waals surface area contributed by atoms with E-state index in [1.165, 1.54) is 37.8 Å². The Balaban J connectivity index is 1.60. The van der Waals surface area contributed by atoms with Gasteiger partial charge in [-0.25, -0.2) is 4.98 Å². The highest BCUT2D eigenvalue weighted by Crippen LogP contribution is 2.39. The van der Waals surface area contributed by atoms with Crippen LogP contribution in [0.1, 0.15) is 44.7 Å². The number of thiazole rings is 1. The number of rotatable bonds is 3. The lowest BCUT2D eigenvalue weighted by Gasteiger charge is -2.48. The molecule has 94 valence electrons. The van der Waals surface area contributed by atoms with Gasteiger partial charge in [-0.2, -0.15) is 0 Å². The fraction of sp³-hybridized carbons (Fsp3) is 0.769. The first kappa shape index (κ1) is 11.5. The molecule has 0 amide bonds. The molecular formula is C13H21N3S. The van der Waals surface area contributed by atoms with Gasteiger partial charge in [0, 0.05) is 17.0 Å². The largest absolute Gasteiger partial charge is 0.359 e. The van der Waals surface area contributed by atoms with Crippen molar-refractivity contribution in [2.45, 2.75) is 57.0 Å². The van der Waals surface area contributed by atoms with Gasteiger partial charge in [-0.3, -0.25) is 0 Å². The van der Waals surface area contributed by atoms with Crippen LogP contribution in [0.2, 0.25) is 0 Å². The van der Waals surface area contributed by atoms with Crippen LogP contribution in [-0.2, 0) is 6.42 Å². The molecule has 3 nitrogen and oxygen atoms in total. The van der Waals surface area contributed by atoms with E-state index in [9.17, 15) is 0 Å². The molecule has 1 spiro atoms. The fourth-order valence-corrected chi connectivity index (χ4v) is 3.85. The molecule has 1 aromatic rings. The van der Waals surface area contributed by atoms with Crippen LogP contribution in [0.15, 0.2) is 5.38 Å². The van der Waals surface area contributed by atoms with Gasteiger partial charge in [0.05, 0.1) is 5.69 Å². The van der Waals surface area contributed by atoms with Crippen molar-refractivity contribution in [1.29, 1.82) is 0 Å². The molecule has 1 aromatic heterocycles. The summed E-state index contributed by atoms with van der Waals surface area (Å²) in [5, 5.41) is 10.6. The Kier molecular flexibility index (Phi) is 3.09. The number of hydrogen-bond acceptors (Lipinski definition) is 4. The van der Waals surface area contributed by atoms with Crippen LogP contribution in [0.3, 0.4) is 0 Å². The van der Waals surface area contributed by atoms with Gasteiger partial charge in [0.2, 0.25) is 0 Å². The third-order valence-corrected chi connectivity index (χ3v) is 5.00. The number of nitrogens with zero attached hydrogens (tertiary/aromatic N) is 1. The molecule has 2 fully saturated rings. The summed E-state index contributed by atoms with van der Waals surface area (Å²) >= 11 is 1.75. The molecule has 1 saturated carbocycles. The molecule has 1 aliphatic carbocycles. The average molecular weight is 251 g/mol. The fourth-order valence-electron chi connectivity index (χ4n) is 2.98. The third kappa shape index (κ3) is 2.33. The standard InChI is InChI=1S/C13H21N3S/c1-2-10-9-17-12(15-10)16-11-4-7-14-13(8-11)5-3-6-13/h9,11,14H,2-8H2,1H3,(H,15,16). The smallest absolute Gasteiger partial charge is 0.183 e. The van der Waals surface area contributed by atoms with Crippen molar-refractivity contribution >= 4 is 16.5 Å². The summed E-state index contributed by atoms with van der Waals surface area (Å²) in [5.41, 5.74) is 1.69. The summed E-state index contributed by atoms with van der Waals surface area (Å²) in [5.74, 6) is 0. The Bertz CT molecular complexity index is 384. The minimum absolute atomic E-state index is 0.473. The highest BCUT2D eigenvalue weighted by molar-refractivity contribution is 7.13. The second kappa shape index (κ2) is 4.58. The first-order valence-corrected chi connectivity index (χ1v) is 7.64. The van der Waals surface area contributed by atoms with Crippen molar-refractivity contribution in [3.8, 4) is 0 Å². The first-order chi connectivity index (χ1) is 8.30. The Morgan fingerprint density at radius 2 is 2.47 bits per heavy atom. The van der Waals surface area contributed by atoms with Crippen LogP contribution in [0.5, 0.6) is 0 Å². The predicted octanol–water partition coefficient (Wildman–Crippen LogP) is 2.79. The summed E-state index contributed by atoms with van der Waals surface area (Å²) in [6.45, 7) is 3.32. The monoisotopic (exact) mass is 251 g/mol. The molecular weight excluding hydrogens is 230 g/mol. The summed E-state index contributed by atoms with van der Waals surface area (Å²) in [6.07, 6.45) is 7.66. The minimum Gasteiger partial charge on any atom is -0.359 e. The van der Waals surface area contributed by atoms with E-state index in [2.05, 4.69) is 27.9 Å². The highest BCUT2D eigenvalue weighted by Gasteiger charge is 2.40. The lowest BCUT2D eigenvalue weighted by molar-refractivity contribution is 0.135. The van der Waals surface area contributed by atoms with Crippen LogP contribution in [0, 0.1) is 0 Å². The van der Waals surface area contributed by atoms with Gasteiger partial charge in [0.1, 0.15) is 0 Å². The van der Waals surface area contributed by atoms with E-state index >= 15 is 0 Å². The zero-order valence-electron chi connectivity index (χ0n) is 10.5. The van der Waals surface area contributed by atoms with Crippen molar-refractivity contribution in [2.75, 3.05) is 11.9 Å². The quantitative estimate of drug-likeness (QED) is 0.867. The maximum Gasteiger partial charge on any atom is 0.183 e. The van der Waals surface area contributed by atoms with Crippen molar-refractivity contribution < 1.29 is 0 Å². The third-order valence-electron chi connectivity index (χ3n) is 4.18. The van der Waals surface area contributed by atoms with Gasteiger partial charge in [-0.1, -0.05) is 6.92 Å². The van der Waals surface area contributed by atoms with Crippen LogP contribution in [-0.4, -0.2) is 23.1 Å². The van der Waals surface area contributed by atoms with Crippen molar-refractivity contribution in [3.05, 3.63) is 11.1 Å². The highest BCUT2D eigenvalue weighted by atomic mass is 32.1. The Hall–Kier alpha value is -0.610. The van der Waals surface area contributed by atoms with Crippen LogP contribution < -0.4 is 10.6 Å². The lowest BCUT2D eigenvalue weighted by atomic mass is 9.70. The topological polar surface area (TPSA) is 37.0 Å². The normalized spacial score (nSPS) is 26.8. The number of piperidine rings is 1. The maximum atomic E-state index is 4.60. The number of hydrogen-bond donors (Lipinski definition) is 2. The zero-order chi connectivity index (χ0) is 11.7. The lowest BCUT2D eigenvalue weighted by Crippen LogP contribution is -2.58. The predicted molar refractivity (Wildman–Crippen MR) is 72.7 cm³/mol. The summed E-state index contributed by atoms with van der Waals surface area (Å²) in [4.78, 5) is 4.60. The molecule has 1 saturated heterocycles. The van der Waals surface area contributed by atoms with Gasteiger partial charge in [-0.15, -0.1) is 11.3 Å². The molecule has 4 heteroatoms. The van der Waals surface area contributed by atoms with E-state index in [0.29, 0.717) is 11.6 Å². The van der Waals surface area contributed by atoms with E-state index in [1.54, 1.807) is 11.3 Å². The molecule has 2 N–H and O–H groups in total. The summed E-state index contributed by atoms with van der Waals surface area (Å²) < 4.78 is 0. The molecule has 0 radical (unpaired) electrons. The molecule has 3 rings (SSSR count). The van der Waals surface area contributed by atoms with E-state index in [-0.39, 0.29) is 0 Å². The number of aromatic nitrogens is 1. The second-order valence-electron chi connectivity index (χ2n) is 5.39. The molecule has 2 heterocycles. The number of nitrogens with one attached hydrogen (secondary N) is 2. The van der Waals surface area contributed by atoms with E-state index in [0.717, 1.165) is 18.1 Å². The van der Waals surface area contributed by atoms with Crippen LogP contribution in [0.25, 0.3) is 0 Å². The van der Waals surface area contributed by atoms with Gasteiger partial charge in [0.25, 0.3) is 0 Å². The van der Waals surface area contributed by atoms with Gasteiger partial charge in [-0.05, 0) is 45.1 Å². The van der Waals surface area contributed by atoms with E-state index < -0.39 is 0 Å². The summed E-state index contributed by atoms with van der Waals surface area (Å²) in [7, 11) is 0. The minimum atomic E-state index is 0.473. The number of anilines is 1. The van der Waals surface area contributed by atoms with Crippen molar-refractivity contribution in [1.82, 2.24) is 10.3 Å². The molecule has 0 aromatic carbocycles. The first-order valence-electron chi connectivity index (χ1n) is 6.76. The molecule has 0 bridgehead atoms. The molecule has 2 aliphatic rings. The van der Waals surface area contributed by atoms with E-state index in [1.807, 2.05) is 0 Å². The molecule has 1 atom stereocenters. The van der Waals surface area contributed by atoms with Crippen molar-refractivity contribution in [3.63, 3.8) is 0 Å². The Morgan fingerprint density at radius 1 is 1.59 bits per heavy atom. The SMILES string of the molecule is CCc1csc(NC2CCNC3(CCC3)C2)n1. The van der Waals surface area contributed by atoms with Gasteiger partial charge in [0.15, 0.2) is 5.13 Å². The van der Waals surface area contributed by atoms with Crippen LogP contribution in [0.4, 0.5) is 5.13 Å². The Morgan fingerprint density at radius 3 is 3.12 bits per heavy atom. The van der Waals surface area contributed by atoms with Crippen molar-refractivity contribution in [2.24, 2.45) is 0 Å². The molecule has 1 aliphatic heterocycles. The average Bonchev–Trinajstić information content (AvgIpc) is 2.75. The zero-order valence-corrected chi connectivity index (χ0v) is 11.3. The van der Waals surface area contributed by atoms with Gasteiger partial charge < -0.3 is 10.6 Å². The van der Waals surface area contributed by atoms with Gasteiger partial charge >= 0.3 is 0 Å². The second-order valence-corrected chi connectivity index (χ2v) is 6.25. The molecule has 1 unspecified atom stereocenters. The molecule has 17 heavy (non-hydrogen) atoms. The maximum absolute atomic E-state index is 4.60. The van der Waals surface area contributed by atoms with Crippen LogP contribution >= 0.6 is 11.3 Å². The number of aryl methyl sites for hydroxylation is 1.